The van der Waals surface area contributed by atoms with Crippen molar-refractivity contribution >= 4 is 23.3 Å². The van der Waals surface area contributed by atoms with Gasteiger partial charge in [0.25, 0.3) is 0 Å². The van der Waals surface area contributed by atoms with Crippen molar-refractivity contribution in [2.75, 3.05) is 5.32 Å². The van der Waals surface area contributed by atoms with Crippen molar-refractivity contribution in [1.29, 1.82) is 0 Å². The van der Waals surface area contributed by atoms with Crippen molar-refractivity contribution in [3.63, 3.8) is 0 Å². The maximum absolute atomic E-state index is 13.7. The van der Waals surface area contributed by atoms with E-state index in [-0.39, 0.29) is 5.70 Å². The molecule has 0 radical (unpaired) electrons. The van der Waals surface area contributed by atoms with E-state index in [1.54, 1.807) is 37.3 Å². The van der Waals surface area contributed by atoms with E-state index >= 15 is 0 Å². The molecule has 1 unspecified atom stereocenters. The number of hydrogen-bond acceptors (Lipinski definition) is 1. The predicted octanol–water partition coefficient (Wildman–Crippen LogP) is 4.11. The Hall–Kier alpha value is -2.07. The van der Waals surface area contributed by atoms with Crippen LogP contribution >= 0.6 is 11.6 Å². The zero-order valence-electron chi connectivity index (χ0n) is 10.9. The lowest BCUT2D eigenvalue weighted by atomic mass is 10.0. The topological polar surface area (TPSA) is 41.1 Å². The average molecular weight is 293 g/mol. The van der Waals surface area contributed by atoms with Crippen LogP contribution in [-0.2, 0) is 0 Å². The molecule has 0 aromatic heterocycles. The van der Waals surface area contributed by atoms with Crippen molar-refractivity contribution in [3.05, 3.63) is 65.7 Å². The second kappa shape index (κ2) is 6.39. The predicted molar refractivity (Wildman–Crippen MR) is 79.3 cm³/mol. The van der Waals surface area contributed by atoms with E-state index < -0.39 is 17.2 Å². The molecule has 0 heterocycles. The first-order valence-corrected chi connectivity index (χ1v) is 6.56. The molecule has 0 aliphatic heterocycles. The molecule has 2 rings (SSSR count). The molecule has 2 amide bonds. The molecule has 1 aliphatic rings. The molecule has 1 aliphatic carbocycles. The van der Waals surface area contributed by atoms with E-state index in [4.69, 9.17) is 11.6 Å². The van der Waals surface area contributed by atoms with Gasteiger partial charge in [-0.3, -0.25) is 0 Å². The third-order valence-electron chi connectivity index (χ3n) is 2.79. The first kappa shape index (κ1) is 14.3. The van der Waals surface area contributed by atoms with E-state index in [0.717, 1.165) is 5.57 Å². The lowest BCUT2D eigenvalue weighted by molar-refractivity contribution is 0.254. The number of alkyl halides is 1. The molecular weight excluding hydrogens is 279 g/mol. The lowest BCUT2D eigenvalue weighted by Crippen LogP contribution is -2.29. The summed E-state index contributed by atoms with van der Waals surface area (Å²) >= 11 is 5.95. The highest BCUT2D eigenvalue weighted by molar-refractivity contribution is 6.24. The number of urea groups is 1. The highest BCUT2D eigenvalue weighted by Crippen LogP contribution is 2.25. The van der Waals surface area contributed by atoms with Crippen LogP contribution in [0.3, 0.4) is 0 Å². The summed E-state index contributed by atoms with van der Waals surface area (Å²) in [5, 5.41) is 4.58. The molecule has 0 spiro atoms. The minimum atomic E-state index is -0.543. The maximum atomic E-state index is 13.7. The van der Waals surface area contributed by atoms with Crippen LogP contribution in [0, 0.1) is 0 Å². The molecule has 0 saturated carbocycles. The zero-order valence-corrected chi connectivity index (χ0v) is 11.6. The van der Waals surface area contributed by atoms with Gasteiger partial charge in [0.2, 0.25) is 0 Å². The summed E-state index contributed by atoms with van der Waals surface area (Å²) in [5.74, 6) is -0.543. The van der Waals surface area contributed by atoms with Gasteiger partial charge in [-0.1, -0.05) is 24.3 Å². The Morgan fingerprint density at radius 1 is 1.30 bits per heavy atom. The quantitative estimate of drug-likeness (QED) is 0.791. The highest BCUT2D eigenvalue weighted by Gasteiger charge is 2.19. The fraction of sp³-hybridized carbons (Fsp3) is 0.133. The van der Waals surface area contributed by atoms with Gasteiger partial charge < -0.3 is 10.6 Å². The second-order valence-corrected chi connectivity index (χ2v) is 4.68. The molecule has 5 heteroatoms. The van der Waals surface area contributed by atoms with E-state index in [2.05, 4.69) is 10.6 Å². The fourth-order valence-electron chi connectivity index (χ4n) is 1.77. The first-order chi connectivity index (χ1) is 9.60. The summed E-state index contributed by atoms with van der Waals surface area (Å²) in [6.45, 7) is 1.81. The molecule has 1 atom stereocenters. The van der Waals surface area contributed by atoms with Crippen molar-refractivity contribution in [2.24, 2.45) is 0 Å². The number of amides is 2. The van der Waals surface area contributed by atoms with E-state index in [0.29, 0.717) is 5.69 Å². The number of rotatable bonds is 2. The summed E-state index contributed by atoms with van der Waals surface area (Å²) < 4.78 is 13.7. The smallest absolute Gasteiger partial charge is 0.308 e. The van der Waals surface area contributed by atoms with Crippen molar-refractivity contribution in [1.82, 2.24) is 5.32 Å². The van der Waals surface area contributed by atoms with E-state index in [9.17, 15) is 9.18 Å². The number of anilines is 1. The van der Waals surface area contributed by atoms with Gasteiger partial charge in [-0.25, -0.2) is 9.18 Å². The minimum Gasteiger partial charge on any atom is -0.308 e. The lowest BCUT2D eigenvalue weighted by Gasteiger charge is -2.17. The molecule has 20 heavy (non-hydrogen) atoms. The van der Waals surface area contributed by atoms with Crippen LogP contribution in [0.25, 0.3) is 0 Å². The Morgan fingerprint density at radius 2 is 2.00 bits per heavy atom. The third kappa shape index (κ3) is 3.48. The molecule has 2 N–H and O–H groups in total. The van der Waals surface area contributed by atoms with Gasteiger partial charge in [-0.2, -0.15) is 0 Å². The Morgan fingerprint density at radius 3 is 2.65 bits per heavy atom. The van der Waals surface area contributed by atoms with Gasteiger partial charge in [0, 0.05) is 5.69 Å². The Labute approximate surface area is 121 Å². The monoisotopic (exact) mass is 292 g/mol. The van der Waals surface area contributed by atoms with Crippen LogP contribution in [0.1, 0.15) is 6.92 Å². The Kier molecular flexibility index (Phi) is 4.58. The van der Waals surface area contributed by atoms with Crippen LogP contribution in [-0.4, -0.2) is 11.4 Å². The van der Waals surface area contributed by atoms with Crippen LogP contribution < -0.4 is 10.6 Å². The van der Waals surface area contributed by atoms with E-state index in [1.807, 2.05) is 6.07 Å². The van der Waals surface area contributed by atoms with Crippen LogP contribution in [0.15, 0.2) is 65.7 Å². The summed E-state index contributed by atoms with van der Waals surface area (Å²) in [6, 6.07) is 8.42. The average Bonchev–Trinajstić information content (AvgIpc) is 2.43. The number of allylic oxidation sites excluding steroid dienone is 5. The molecule has 3 nitrogen and oxygen atoms in total. The zero-order chi connectivity index (χ0) is 14.5. The van der Waals surface area contributed by atoms with E-state index in [1.165, 1.54) is 12.2 Å². The van der Waals surface area contributed by atoms with Crippen LogP contribution in [0.5, 0.6) is 0 Å². The number of para-hydroxylation sites is 1. The largest absolute Gasteiger partial charge is 0.323 e. The normalized spacial score (nSPS) is 20.1. The molecule has 0 bridgehead atoms. The van der Waals surface area contributed by atoms with Crippen molar-refractivity contribution in [2.45, 2.75) is 12.3 Å². The Bertz CT molecular complexity index is 593. The molecule has 1 aromatic carbocycles. The number of halogens is 2. The number of carbonyl (C=O) groups excluding carboxylic acids is 1. The number of nitrogens with one attached hydrogen (secondary N) is 2. The summed E-state index contributed by atoms with van der Waals surface area (Å²) in [6.07, 6.45) is 4.56. The molecule has 1 aromatic rings. The van der Waals surface area contributed by atoms with Crippen LogP contribution in [0.4, 0.5) is 14.9 Å². The summed E-state index contributed by atoms with van der Waals surface area (Å²) in [4.78, 5) is 11.8. The van der Waals surface area contributed by atoms with Gasteiger partial charge in [-0.05, 0) is 36.8 Å². The van der Waals surface area contributed by atoms with Crippen molar-refractivity contribution in [3.8, 4) is 0 Å². The summed E-state index contributed by atoms with van der Waals surface area (Å²) in [7, 11) is 0. The minimum absolute atomic E-state index is 0.100. The van der Waals surface area contributed by atoms with Crippen LogP contribution in [0.2, 0.25) is 0 Å². The molecule has 0 fully saturated rings. The summed E-state index contributed by atoms with van der Waals surface area (Å²) in [5.41, 5.74) is 1.47. The molecule has 0 saturated heterocycles. The SMILES string of the molecule is CC=C1C=C(NC(=O)Nc2ccccc2)C(F)=CC1Cl. The highest BCUT2D eigenvalue weighted by atomic mass is 35.5. The van der Waals surface area contributed by atoms with Gasteiger partial charge in [-0.15, -0.1) is 11.6 Å². The fourth-order valence-corrected chi connectivity index (χ4v) is 2.07. The molecular formula is C15H14ClFN2O. The van der Waals surface area contributed by atoms with Gasteiger partial charge >= 0.3 is 6.03 Å². The standard InChI is InChI=1S/C15H14ClFN2O/c1-2-10-8-14(13(17)9-12(10)16)19-15(20)18-11-6-4-3-5-7-11/h2-9,12H,1H3,(H2,18,19,20). The Balaban J connectivity index is 2.06. The third-order valence-corrected chi connectivity index (χ3v) is 3.17. The van der Waals surface area contributed by atoms with Gasteiger partial charge in [0.05, 0.1) is 11.1 Å². The maximum Gasteiger partial charge on any atom is 0.323 e. The first-order valence-electron chi connectivity index (χ1n) is 6.13. The van der Waals surface area contributed by atoms with Gasteiger partial charge in [0.15, 0.2) is 0 Å². The molecule has 104 valence electrons. The van der Waals surface area contributed by atoms with Crippen molar-refractivity contribution < 1.29 is 9.18 Å². The van der Waals surface area contributed by atoms with Gasteiger partial charge in [0.1, 0.15) is 5.83 Å². The second-order valence-electron chi connectivity index (χ2n) is 4.21. The number of benzene rings is 1. The number of hydrogen-bond donors (Lipinski definition) is 2. The number of carbonyl (C=O) groups is 1.